The molecule has 0 aliphatic rings. The van der Waals surface area contributed by atoms with Gasteiger partial charge in [0.15, 0.2) is 5.82 Å². The van der Waals surface area contributed by atoms with Crippen LogP contribution >= 0.6 is 11.6 Å². The van der Waals surface area contributed by atoms with E-state index in [-0.39, 0.29) is 0 Å². The highest BCUT2D eigenvalue weighted by atomic mass is 35.5. The number of methoxy groups -OCH3 is 1. The van der Waals surface area contributed by atoms with E-state index in [1.165, 1.54) is 5.56 Å². The minimum absolute atomic E-state index is 0.429. The Labute approximate surface area is 157 Å². The first-order chi connectivity index (χ1) is 12.6. The molecule has 0 bridgehead atoms. The Bertz CT molecular complexity index is 916. The normalized spacial score (nSPS) is 10.5. The monoisotopic (exact) mass is 369 g/mol. The molecule has 134 valence electrons. The fourth-order valence-electron chi connectivity index (χ4n) is 2.62. The van der Waals surface area contributed by atoms with Crippen LogP contribution < -0.4 is 15.4 Å². The topological polar surface area (TPSA) is 72.0 Å². The number of hydrogen-bond acceptors (Lipinski definition) is 6. The van der Waals surface area contributed by atoms with Crippen LogP contribution in [0.3, 0.4) is 0 Å². The second kappa shape index (κ2) is 8.01. The van der Waals surface area contributed by atoms with Crippen molar-refractivity contribution in [3.8, 4) is 5.75 Å². The van der Waals surface area contributed by atoms with Crippen molar-refractivity contribution >= 4 is 34.7 Å². The quantitative estimate of drug-likeness (QED) is 0.644. The predicted octanol–water partition coefficient (Wildman–Crippen LogP) is 4.89. The molecule has 6 nitrogen and oxygen atoms in total. The standard InChI is InChI=1S/C19H20ClN5O/c1-4-13-7-5-6-12(2)18(13)24-19-23-17(11-21-25-19)22-14-8-9-16(26-3)15(20)10-14/h5-11H,4H2,1-3H3,(H2,22,23,24,25). The van der Waals surface area contributed by atoms with E-state index in [0.717, 1.165) is 23.4 Å². The molecule has 0 saturated carbocycles. The molecule has 3 aromatic rings. The van der Waals surface area contributed by atoms with Crippen molar-refractivity contribution in [2.24, 2.45) is 0 Å². The van der Waals surface area contributed by atoms with E-state index in [1.54, 1.807) is 25.4 Å². The summed E-state index contributed by atoms with van der Waals surface area (Å²) in [6.07, 6.45) is 2.47. The highest BCUT2D eigenvalue weighted by Crippen LogP contribution is 2.29. The first-order valence-corrected chi connectivity index (χ1v) is 8.64. The molecule has 26 heavy (non-hydrogen) atoms. The maximum Gasteiger partial charge on any atom is 0.249 e. The van der Waals surface area contributed by atoms with Gasteiger partial charge in [-0.25, -0.2) is 0 Å². The minimum atomic E-state index is 0.429. The largest absolute Gasteiger partial charge is 0.495 e. The Morgan fingerprint density at radius 3 is 2.73 bits per heavy atom. The molecule has 7 heteroatoms. The summed E-state index contributed by atoms with van der Waals surface area (Å²) in [7, 11) is 1.58. The van der Waals surface area contributed by atoms with Crippen molar-refractivity contribution in [2.75, 3.05) is 17.7 Å². The van der Waals surface area contributed by atoms with Crippen LogP contribution in [0.1, 0.15) is 18.1 Å². The van der Waals surface area contributed by atoms with Crippen LogP contribution in [0.5, 0.6) is 5.75 Å². The first kappa shape index (κ1) is 17.9. The third kappa shape index (κ3) is 4.03. The molecule has 0 saturated heterocycles. The highest BCUT2D eigenvalue weighted by Gasteiger charge is 2.08. The number of halogens is 1. The summed E-state index contributed by atoms with van der Waals surface area (Å²) in [5, 5.41) is 15.1. The molecule has 0 unspecified atom stereocenters. The van der Waals surface area contributed by atoms with Crippen LogP contribution in [0.25, 0.3) is 0 Å². The summed E-state index contributed by atoms with van der Waals surface area (Å²) >= 11 is 6.16. The van der Waals surface area contributed by atoms with Gasteiger partial charge < -0.3 is 15.4 Å². The molecule has 0 fully saturated rings. The lowest BCUT2D eigenvalue weighted by Gasteiger charge is -2.13. The summed E-state index contributed by atoms with van der Waals surface area (Å²) in [6.45, 7) is 4.17. The smallest absolute Gasteiger partial charge is 0.249 e. The van der Waals surface area contributed by atoms with Gasteiger partial charge in [0.05, 0.1) is 18.3 Å². The van der Waals surface area contributed by atoms with E-state index < -0.39 is 0 Å². The maximum absolute atomic E-state index is 6.16. The fraction of sp³-hybridized carbons (Fsp3) is 0.211. The molecule has 2 aromatic carbocycles. The van der Waals surface area contributed by atoms with Crippen LogP contribution in [0.4, 0.5) is 23.1 Å². The summed E-state index contributed by atoms with van der Waals surface area (Å²) in [6, 6.07) is 11.6. The Balaban J connectivity index is 1.82. The first-order valence-electron chi connectivity index (χ1n) is 8.26. The third-order valence-corrected chi connectivity index (χ3v) is 4.26. The van der Waals surface area contributed by atoms with Crippen molar-refractivity contribution in [1.82, 2.24) is 15.2 Å². The van der Waals surface area contributed by atoms with Crippen LogP contribution in [-0.4, -0.2) is 22.3 Å². The number of nitrogens with zero attached hydrogens (tertiary/aromatic N) is 3. The Hall–Kier alpha value is -2.86. The zero-order valence-corrected chi connectivity index (χ0v) is 15.6. The Morgan fingerprint density at radius 2 is 2.00 bits per heavy atom. The molecule has 0 amide bonds. The Kier molecular flexibility index (Phi) is 5.53. The van der Waals surface area contributed by atoms with Gasteiger partial charge in [0.1, 0.15) is 5.75 Å². The van der Waals surface area contributed by atoms with E-state index in [2.05, 4.69) is 51.8 Å². The molecule has 1 heterocycles. The molecule has 0 radical (unpaired) electrons. The molecule has 3 rings (SSSR count). The zero-order chi connectivity index (χ0) is 18.5. The second-order valence-corrected chi connectivity index (χ2v) is 6.13. The summed E-state index contributed by atoms with van der Waals surface area (Å²) < 4.78 is 5.16. The lowest BCUT2D eigenvalue weighted by molar-refractivity contribution is 0.415. The number of anilines is 4. The molecular formula is C19H20ClN5O. The molecule has 0 aliphatic heterocycles. The van der Waals surface area contributed by atoms with Gasteiger partial charge in [-0.3, -0.25) is 0 Å². The van der Waals surface area contributed by atoms with Crippen molar-refractivity contribution < 1.29 is 4.74 Å². The van der Waals surface area contributed by atoms with Crippen LogP contribution in [0.15, 0.2) is 42.6 Å². The lowest BCUT2D eigenvalue weighted by atomic mass is 10.1. The number of hydrogen-bond donors (Lipinski definition) is 2. The van der Waals surface area contributed by atoms with Gasteiger partial charge in [-0.2, -0.15) is 10.1 Å². The number of ether oxygens (including phenoxy) is 1. The number of nitrogens with one attached hydrogen (secondary N) is 2. The van der Waals surface area contributed by atoms with Gasteiger partial charge in [0.2, 0.25) is 5.95 Å². The molecular weight excluding hydrogens is 350 g/mol. The van der Waals surface area contributed by atoms with E-state index >= 15 is 0 Å². The van der Waals surface area contributed by atoms with E-state index in [1.807, 2.05) is 12.1 Å². The Morgan fingerprint density at radius 1 is 1.15 bits per heavy atom. The zero-order valence-electron chi connectivity index (χ0n) is 14.9. The predicted molar refractivity (Wildman–Crippen MR) is 105 cm³/mol. The van der Waals surface area contributed by atoms with Crippen molar-refractivity contribution in [1.29, 1.82) is 0 Å². The molecule has 1 aromatic heterocycles. The van der Waals surface area contributed by atoms with Crippen LogP contribution in [0, 0.1) is 6.92 Å². The molecule has 0 atom stereocenters. The number of aromatic nitrogens is 3. The molecule has 2 N–H and O–H groups in total. The van der Waals surface area contributed by atoms with Crippen molar-refractivity contribution in [2.45, 2.75) is 20.3 Å². The number of para-hydroxylation sites is 1. The van der Waals surface area contributed by atoms with Gasteiger partial charge in [-0.05, 0) is 42.7 Å². The highest BCUT2D eigenvalue weighted by molar-refractivity contribution is 6.32. The van der Waals surface area contributed by atoms with Crippen LogP contribution in [0.2, 0.25) is 5.02 Å². The number of aryl methyl sites for hydroxylation is 2. The van der Waals surface area contributed by atoms with Gasteiger partial charge in [-0.1, -0.05) is 36.7 Å². The SMILES string of the molecule is CCc1cccc(C)c1Nc1nncc(Nc2ccc(OC)c(Cl)c2)n1. The van der Waals surface area contributed by atoms with Gasteiger partial charge in [-0.15, -0.1) is 5.10 Å². The lowest BCUT2D eigenvalue weighted by Crippen LogP contribution is -2.05. The fourth-order valence-corrected chi connectivity index (χ4v) is 2.88. The van der Waals surface area contributed by atoms with Gasteiger partial charge >= 0.3 is 0 Å². The van der Waals surface area contributed by atoms with E-state index in [9.17, 15) is 0 Å². The van der Waals surface area contributed by atoms with Gasteiger partial charge in [0.25, 0.3) is 0 Å². The summed E-state index contributed by atoms with van der Waals surface area (Å²) in [4.78, 5) is 4.48. The van der Waals surface area contributed by atoms with Crippen molar-refractivity contribution in [3.63, 3.8) is 0 Å². The summed E-state index contributed by atoms with van der Waals surface area (Å²) in [5.74, 6) is 1.61. The second-order valence-electron chi connectivity index (χ2n) is 5.73. The maximum atomic E-state index is 6.16. The van der Waals surface area contributed by atoms with Crippen molar-refractivity contribution in [3.05, 3.63) is 58.7 Å². The average Bonchev–Trinajstić information content (AvgIpc) is 2.64. The number of rotatable bonds is 6. The molecule has 0 aliphatic carbocycles. The van der Waals surface area contributed by atoms with E-state index in [0.29, 0.717) is 22.5 Å². The van der Waals surface area contributed by atoms with Gasteiger partial charge in [0, 0.05) is 11.4 Å². The minimum Gasteiger partial charge on any atom is -0.495 e. The average molecular weight is 370 g/mol. The molecule has 0 spiro atoms. The van der Waals surface area contributed by atoms with Crippen LogP contribution in [-0.2, 0) is 6.42 Å². The number of benzene rings is 2. The summed E-state index contributed by atoms with van der Waals surface area (Å²) in [5.41, 5.74) is 4.14. The van der Waals surface area contributed by atoms with E-state index in [4.69, 9.17) is 16.3 Å². The third-order valence-electron chi connectivity index (χ3n) is 3.96.